The highest BCUT2D eigenvalue weighted by molar-refractivity contribution is 6.34. The van der Waals surface area contributed by atoms with E-state index >= 15 is 0 Å². The minimum Gasteiger partial charge on any atom is -0.397 e. The summed E-state index contributed by atoms with van der Waals surface area (Å²) in [5.74, 6) is -3.26. The molecule has 2 aromatic carbocycles. The van der Waals surface area contributed by atoms with E-state index in [1.165, 1.54) is 47.4 Å². The summed E-state index contributed by atoms with van der Waals surface area (Å²) in [7, 11) is 1.96. The Kier molecular flexibility index (Phi) is 11.9. The lowest BCUT2D eigenvalue weighted by molar-refractivity contribution is -0.753. The van der Waals surface area contributed by atoms with E-state index in [2.05, 4.69) is 15.3 Å². The Hall–Kier alpha value is -3.50. The number of nitrogens with two attached hydrogens (primary N) is 1. The first-order valence-electron chi connectivity index (χ1n) is 15.0. The molecule has 1 saturated carbocycles. The molecule has 2 aliphatic rings. The second-order valence-electron chi connectivity index (χ2n) is 10.5. The van der Waals surface area contributed by atoms with Gasteiger partial charge in [-0.05, 0) is 67.8 Å². The Morgan fingerprint density at radius 2 is 1.77 bits per heavy atom. The molecule has 3 unspecified atom stereocenters. The van der Waals surface area contributed by atoms with Gasteiger partial charge in [-0.1, -0.05) is 39.3 Å². The van der Waals surface area contributed by atoms with Gasteiger partial charge >= 0.3 is 6.18 Å². The lowest BCUT2D eigenvalue weighted by Gasteiger charge is -2.23. The molecule has 5 rings (SSSR count). The number of aliphatic imine (C=N–C) groups is 1. The third-order valence-electron chi connectivity index (χ3n) is 7.40. The van der Waals surface area contributed by atoms with E-state index < -0.39 is 30.4 Å². The van der Waals surface area contributed by atoms with Gasteiger partial charge in [0.1, 0.15) is 18.3 Å². The number of carbonyl (C=O) groups excluding carboxylic acids is 1. The van der Waals surface area contributed by atoms with Gasteiger partial charge < -0.3 is 16.0 Å². The molecule has 3 aromatic rings. The normalized spacial score (nSPS) is 18.1. The topological polar surface area (TPSA) is 84.8 Å². The van der Waals surface area contributed by atoms with Gasteiger partial charge in [-0.3, -0.25) is 14.8 Å². The van der Waals surface area contributed by atoms with Crippen LogP contribution < -0.4 is 16.0 Å². The number of quaternary nitrogens is 1. The van der Waals surface area contributed by atoms with Crippen LogP contribution in [-0.4, -0.2) is 49.5 Å². The van der Waals surface area contributed by atoms with Crippen LogP contribution in [0.2, 0.25) is 5.02 Å². The number of amides is 1. The molecule has 3 atom stereocenters. The number of rotatable bonds is 8. The van der Waals surface area contributed by atoms with Gasteiger partial charge in [0, 0.05) is 35.0 Å². The van der Waals surface area contributed by atoms with Crippen molar-refractivity contribution in [2.75, 3.05) is 25.9 Å². The van der Waals surface area contributed by atoms with Crippen LogP contribution >= 0.6 is 11.6 Å². The number of carbonyl (C=O) groups is 1. The fraction of sp³-hybridized carbons (Fsp3) is 0.424. The fourth-order valence-electron chi connectivity index (χ4n) is 4.69. The number of hydrogen-bond acceptors (Lipinski definition) is 4. The Morgan fingerprint density at radius 1 is 1.16 bits per heavy atom. The van der Waals surface area contributed by atoms with Gasteiger partial charge in [-0.25, -0.2) is 4.39 Å². The zero-order valence-electron chi connectivity index (χ0n) is 25.9. The molecular weight excluding hydrogens is 594 g/mol. The molecule has 6 nitrogen and oxygen atoms in total. The number of aromatic nitrogens is 1. The molecule has 238 valence electrons. The number of pyridine rings is 1. The second-order valence-corrected chi connectivity index (χ2v) is 10.9. The molecule has 1 aromatic heterocycles. The van der Waals surface area contributed by atoms with Crippen molar-refractivity contribution >= 4 is 29.4 Å². The van der Waals surface area contributed by atoms with Gasteiger partial charge in [-0.2, -0.15) is 13.2 Å². The summed E-state index contributed by atoms with van der Waals surface area (Å²) in [6.07, 6.45) is -1.21. The van der Waals surface area contributed by atoms with Crippen molar-refractivity contribution in [3.05, 3.63) is 81.3 Å². The van der Waals surface area contributed by atoms with E-state index in [1.54, 1.807) is 6.21 Å². The summed E-state index contributed by atoms with van der Waals surface area (Å²) in [6, 6.07) is 10.0. The number of nitrogens with one attached hydrogen (secondary N) is 2. The van der Waals surface area contributed by atoms with Crippen LogP contribution in [0.3, 0.4) is 0 Å². The number of halogens is 5. The summed E-state index contributed by atoms with van der Waals surface area (Å²) in [4.78, 5) is 22.9. The molecule has 11 heteroatoms. The van der Waals surface area contributed by atoms with Crippen molar-refractivity contribution in [2.45, 2.75) is 71.6 Å². The van der Waals surface area contributed by atoms with Crippen LogP contribution in [-0.2, 0) is 0 Å². The Bertz CT molecular complexity index is 1470. The maximum atomic E-state index is 14.4. The predicted octanol–water partition coefficient (Wildman–Crippen LogP) is 6.71. The van der Waals surface area contributed by atoms with E-state index in [4.69, 9.17) is 17.3 Å². The summed E-state index contributed by atoms with van der Waals surface area (Å²) < 4.78 is 56.9. The van der Waals surface area contributed by atoms with Crippen LogP contribution in [0.15, 0.2) is 47.5 Å². The SMILES string of the molecule is CC.CC.Cc1c(C2C[NH+]2C)cc(C(CNC(=O)c2cc(Cl)c(N)c(C=NC3CC3)c2)C(F)(F)F)nc1-c1ccc(F)cc1. The van der Waals surface area contributed by atoms with Gasteiger partial charge in [0.05, 0.1) is 35.2 Å². The molecule has 2 heterocycles. The second kappa shape index (κ2) is 15.0. The van der Waals surface area contributed by atoms with Crippen LogP contribution in [0.1, 0.15) is 85.2 Å². The Morgan fingerprint density at radius 3 is 2.32 bits per heavy atom. The first-order chi connectivity index (χ1) is 20.9. The first-order valence-corrected chi connectivity index (χ1v) is 15.4. The van der Waals surface area contributed by atoms with E-state index in [-0.39, 0.29) is 34.1 Å². The summed E-state index contributed by atoms with van der Waals surface area (Å²) in [5, 5.41) is 2.52. The minimum absolute atomic E-state index is 0.0390. The molecule has 0 bridgehead atoms. The Balaban J connectivity index is 0.00000127. The number of nitrogen functional groups attached to an aromatic ring is 1. The lowest BCUT2D eigenvalue weighted by atomic mass is 9.94. The van der Waals surface area contributed by atoms with Crippen molar-refractivity contribution < 1.29 is 27.3 Å². The lowest BCUT2D eigenvalue weighted by Crippen LogP contribution is -2.87. The van der Waals surface area contributed by atoms with Gasteiger partial charge in [0.2, 0.25) is 0 Å². The molecular formula is C33H41ClF4N5O+. The fourth-order valence-corrected chi connectivity index (χ4v) is 4.92. The highest BCUT2D eigenvalue weighted by Gasteiger charge is 2.45. The number of benzene rings is 2. The number of nitrogens with zero attached hydrogens (tertiary/aromatic N) is 2. The monoisotopic (exact) mass is 634 g/mol. The summed E-state index contributed by atoms with van der Waals surface area (Å²) >= 11 is 6.21. The van der Waals surface area contributed by atoms with E-state index in [0.717, 1.165) is 30.5 Å². The maximum Gasteiger partial charge on any atom is 0.398 e. The molecule has 44 heavy (non-hydrogen) atoms. The molecule has 0 spiro atoms. The molecule has 0 radical (unpaired) electrons. The number of alkyl halides is 3. The van der Waals surface area contributed by atoms with Gasteiger partial charge in [-0.15, -0.1) is 0 Å². The number of likely N-dealkylation sites (N-methyl/N-ethyl adjacent to an activating group) is 1. The molecule has 2 fully saturated rings. The predicted molar refractivity (Wildman–Crippen MR) is 169 cm³/mol. The molecule has 1 amide bonds. The maximum absolute atomic E-state index is 14.4. The minimum atomic E-state index is -4.70. The largest absolute Gasteiger partial charge is 0.398 e. The Labute approximate surface area is 261 Å². The molecule has 1 aliphatic carbocycles. The third kappa shape index (κ3) is 8.57. The zero-order valence-corrected chi connectivity index (χ0v) is 26.7. The number of anilines is 1. The first kappa shape index (κ1) is 35.0. The van der Waals surface area contributed by atoms with Crippen LogP contribution in [0.25, 0.3) is 11.3 Å². The summed E-state index contributed by atoms with van der Waals surface area (Å²) in [5.41, 5.74) is 8.94. The van der Waals surface area contributed by atoms with Gasteiger partial charge in [0.25, 0.3) is 5.91 Å². The zero-order chi connectivity index (χ0) is 32.8. The van der Waals surface area contributed by atoms with Crippen molar-refractivity contribution in [3.63, 3.8) is 0 Å². The summed E-state index contributed by atoms with van der Waals surface area (Å²) in [6.45, 7) is 9.86. The quantitative estimate of drug-likeness (QED) is 0.111. The highest BCUT2D eigenvalue weighted by Crippen LogP contribution is 2.38. The standard InChI is InChI=1S/C29H28ClF4N5O.2C2H6/c1-15-21(25-14-39(25)2)11-24(38-27(15)16-3-5-19(31)6-4-16)22(29(32,33)34)13-37-28(40)17-9-18(12-36-20-7-8-20)26(35)23(30)10-17;2*1-2/h3-6,9-12,20,22,25H,7-8,13-14,35H2,1-2H3,(H,37,40);2*1-2H3/p+1. The average molecular weight is 635 g/mol. The van der Waals surface area contributed by atoms with E-state index in [9.17, 15) is 22.4 Å². The molecule has 4 N–H and O–H groups in total. The average Bonchev–Trinajstić information content (AvgIpc) is 3.94. The highest BCUT2D eigenvalue weighted by atomic mass is 35.5. The van der Waals surface area contributed by atoms with Crippen molar-refractivity contribution in [2.24, 2.45) is 4.99 Å². The molecule has 1 aliphatic heterocycles. The van der Waals surface area contributed by atoms with Crippen LogP contribution in [0, 0.1) is 12.7 Å². The smallest absolute Gasteiger partial charge is 0.397 e. The third-order valence-corrected chi connectivity index (χ3v) is 7.71. The van der Waals surface area contributed by atoms with Crippen molar-refractivity contribution in [1.29, 1.82) is 0 Å². The van der Waals surface area contributed by atoms with Crippen molar-refractivity contribution in [3.8, 4) is 11.3 Å². The van der Waals surface area contributed by atoms with Gasteiger partial charge in [0.15, 0.2) is 6.04 Å². The van der Waals surface area contributed by atoms with Crippen molar-refractivity contribution in [1.82, 2.24) is 10.3 Å². The van der Waals surface area contributed by atoms with E-state index in [1.807, 2.05) is 41.7 Å². The van der Waals surface area contributed by atoms with Crippen LogP contribution in [0.4, 0.5) is 23.2 Å². The van der Waals surface area contributed by atoms with Crippen LogP contribution in [0.5, 0.6) is 0 Å². The number of hydrogen-bond donors (Lipinski definition) is 3. The molecule has 1 saturated heterocycles. The van der Waals surface area contributed by atoms with E-state index in [0.29, 0.717) is 16.8 Å².